The third-order valence-electron chi connectivity index (χ3n) is 1.84. The fraction of sp³-hybridized carbons (Fsp3) is 0.111. The lowest BCUT2D eigenvalue weighted by Crippen LogP contribution is -1.82. The maximum atomic E-state index is 8.15. The first-order valence-corrected chi connectivity index (χ1v) is 5.18. The molecule has 6 nitrogen and oxygen atoms in total. The average Bonchev–Trinajstić information content (AvgIpc) is 2.76. The number of halogens is 1. The Kier molecular flexibility index (Phi) is 3.19. The number of nitrogens with zero attached hydrogens (tertiary/aromatic N) is 5. The highest BCUT2D eigenvalue weighted by atomic mass is 79.9. The lowest BCUT2D eigenvalue weighted by molar-refractivity contribution is 0.380. The summed E-state index contributed by atoms with van der Waals surface area (Å²) in [6.07, 6.45) is 0. The Labute approximate surface area is 99.0 Å². The Balaban J connectivity index is 2.24. The smallest absolute Gasteiger partial charge is 0.232 e. The van der Waals surface area contributed by atoms with E-state index in [0.29, 0.717) is 11.7 Å². The van der Waals surface area contributed by atoms with E-state index in [-0.39, 0.29) is 6.54 Å². The fourth-order valence-corrected chi connectivity index (χ4v) is 1.39. The number of azide groups is 1. The van der Waals surface area contributed by atoms with Crippen molar-refractivity contribution in [1.29, 1.82) is 0 Å². The van der Waals surface area contributed by atoms with Crippen LogP contribution in [0.2, 0.25) is 0 Å². The van der Waals surface area contributed by atoms with Gasteiger partial charge in [0.05, 0.1) is 0 Å². The van der Waals surface area contributed by atoms with E-state index < -0.39 is 0 Å². The Hall–Kier alpha value is -1.85. The molecule has 0 unspecified atom stereocenters. The van der Waals surface area contributed by atoms with Crippen LogP contribution in [-0.4, -0.2) is 10.1 Å². The SMILES string of the molecule is [N-]=[N+]=NCc1nc(-c2ccc(Br)cc2)no1. The van der Waals surface area contributed by atoms with Crippen molar-refractivity contribution >= 4 is 15.9 Å². The van der Waals surface area contributed by atoms with Gasteiger partial charge in [-0.15, -0.1) is 0 Å². The molecule has 0 aliphatic rings. The van der Waals surface area contributed by atoms with Gasteiger partial charge in [-0.3, -0.25) is 0 Å². The fourth-order valence-electron chi connectivity index (χ4n) is 1.13. The normalized spacial score (nSPS) is 9.81. The van der Waals surface area contributed by atoms with Gasteiger partial charge in [0.2, 0.25) is 11.7 Å². The summed E-state index contributed by atoms with van der Waals surface area (Å²) in [6.45, 7) is 0.0695. The molecule has 0 aliphatic carbocycles. The number of benzene rings is 1. The predicted octanol–water partition coefficient (Wildman–Crippen LogP) is 3.31. The van der Waals surface area contributed by atoms with Crippen LogP contribution in [-0.2, 0) is 6.54 Å². The first-order chi connectivity index (χ1) is 7.79. The molecule has 0 aliphatic heterocycles. The monoisotopic (exact) mass is 279 g/mol. The maximum absolute atomic E-state index is 8.15. The number of hydrogen-bond acceptors (Lipinski definition) is 4. The minimum atomic E-state index is 0.0695. The highest BCUT2D eigenvalue weighted by Gasteiger charge is 2.07. The first-order valence-electron chi connectivity index (χ1n) is 4.39. The van der Waals surface area contributed by atoms with Gasteiger partial charge in [-0.25, -0.2) is 0 Å². The van der Waals surface area contributed by atoms with Crippen LogP contribution in [0, 0.1) is 0 Å². The van der Waals surface area contributed by atoms with Crippen LogP contribution in [0.5, 0.6) is 0 Å². The van der Waals surface area contributed by atoms with E-state index in [4.69, 9.17) is 10.1 Å². The van der Waals surface area contributed by atoms with Crippen molar-refractivity contribution < 1.29 is 4.52 Å². The lowest BCUT2D eigenvalue weighted by atomic mass is 10.2. The van der Waals surface area contributed by atoms with Crippen molar-refractivity contribution in [3.8, 4) is 11.4 Å². The summed E-state index contributed by atoms with van der Waals surface area (Å²) in [6, 6.07) is 7.51. The number of hydrogen-bond donors (Lipinski definition) is 0. The molecule has 0 saturated carbocycles. The van der Waals surface area contributed by atoms with Crippen LogP contribution in [0.3, 0.4) is 0 Å². The topological polar surface area (TPSA) is 87.7 Å². The van der Waals surface area contributed by atoms with Gasteiger partial charge >= 0.3 is 0 Å². The average molecular weight is 280 g/mol. The van der Waals surface area contributed by atoms with Crippen molar-refractivity contribution in [1.82, 2.24) is 10.1 Å². The van der Waals surface area contributed by atoms with Gasteiger partial charge in [-0.2, -0.15) is 4.98 Å². The quantitative estimate of drug-likeness (QED) is 0.490. The highest BCUT2D eigenvalue weighted by molar-refractivity contribution is 9.10. The summed E-state index contributed by atoms with van der Waals surface area (Å²) < 4.78 is 5.89. The molecule has 80 valence electrons. The van der Waals surface area contributed by atoms with Crippen molar-refractivity contribution in [3.63, 3.8) is 0 Å². The van der Waals surface area contributed by atoms with E-state index in [1.165, 1.54) is 0 Å². The molecule has 7 heteroatoms. The molecule has 1 heterocycles. The molecule has 0 fully saturated rings. The second-order valence-corrected chi connectivity index (χ2v) is 3.82. The van der Waals surface area contributed by atoms with Crippen molar-refractivity contribution in [2.75, 3.05) is 0 Å². The van der Waals surface area contributed by atoms with Gasteiger partial charge < -0.3 is 4.52 Å². The molecule has 0 radical (unpaired) electrons. The van der Waals surface area contributed by atoms with E-state index in [9.17, 15) is 0 Å². The van der Waals surface area contributed by atoms with Crippen LogP contribution in [0.4, 0.5) is 0 Å². The molecule has 0 saturated heterocycles. The summed E-state index contributed by atoms with van der Waals surface area (Å²) in [5, 5.41) is 7.12. The largest absolute Gasteiger partial charge is 0.339 e. The van der Waals surface area contributed by atoms with Gasteiger partial charge in [0.25, 0.3) is 0 Å². The molecule has 0 spiro atoms. The minimum Gasteiger partial charge on any atom is -0.339 e. The summed E-state index contributed by atoms with van der Waals surface area (Å²) in [7, 11) is 0. The minimum absolute atomic E-state index is 0.0695. The zero-order valence-corrected chi connectivity index (χ0v) is 9.62. The van der Waals surface area contributed by atoms with Crippen molar-refractivity contribution in [3.05, 3.63) is 45.1 Å². The van der Waals surface area contributed by atoms with E-state index in [1.807, 2.05) is 24.3 Å². The van der Waals surface area contributed by atoms with E-state index in [1.54, 1.807) is 0 Å². The van der Waals surface area contributed by atoms with Gasteiger partial charge in [-0.1, -0.05) is 26.2 Å². The maximum Gasteiger partial charge on any atom is 0.232 e. The zero-order chi connectivity index (χ0) is 11.4. The second-order valence-electron chi connectivity index (χ2n) is 2.91. The van der Waals surface area contributed by atoms with Gasteiger partial charge in [0, 0.05) is 14.9 Å². The van der Waals surface area contributed by atoms with Gasteiger partial charge in [-0.05, 0) is 29.8 Å². The molecule has 2 aromatic rings. The molecule has 0 amide bonds. The molecule has 1 aromatic heterocycles. The van der Waals surface area contributed by atoms with Crippen LogP contribution >= 0.6 is 15.9 Å². The molecule has 0 atom stereocenters. The van der Waals surface area contributed by atoms with Crippen LogP contribution in [0.25, 0.3) is 21.8 Å². The van der Waals surface area contributed by atoms with Crippen LogP contribution < -0.4 is 0 Å². The zero-order valence-electron chi connectivity index (χ0n) is 8.04. The first kappa shape index (κ1) is 10.7. The van der Waals surface area contributed by atoms with E-state index in [2.05, 4.69) is 36.1 Å². The predicted molar refractivity (Wildman–Crippen MR) is 60.3 cm³/mol. The highest BCUT2D eigenvalue weighted by Crippen LogP contribution is 2.19. The van der Waals surface area contributed by atoms with E-state index in [0.717, 1.165) is 10.0 Å². The van der Waals surface area contributed by atoms with Crippen LogP contribution in [0.1, 0.15) is 5.89 Å². The molecule has 1 aromatic carbocycles. The van der Waals surface area contributed by atoms with Gasteiger partial charge in [0.15, 0.2) is 0 Å². The summed E-state index contributed by atoms with van der Waals surface area (Å²) in [5.41, 5.74) is 8.99. The van der Waals surface area contributed by atoms with Gasteiger partial charge in [0.1, 0.15) is 6.54 Å². The number of aromatic nitrogens is 2. The molecule has 0 bridgehead atoms. The standard InChI is InChI=1S/C9H6BrN5O/c10-7-3-1-6(2-4-7)9-13-8(16-14-9)5-12-15-11/h1-4H,5H2. The molecule has 2 rings (SSSR count). The molecular formula is C9H6BrN5O. The van der Waals surface area contributed by atoms with Crippen molar-refractivity contribution in [2.45, 2.75) is 6.54 Å². The van der Waals surface area contributed by atoms with E-state index >= 15 is 0 Å². The summed E-state index contributed by atoms with van der Waals surface area (Å²) in [4.78, 5) is 6.71. The summed E-state index contributed by atoms with van der Waals surface area (Å²) >= 11 is 3.34. The lowest BCUT2D eigenvalue weighted by Gasteiger charge is -1.93. The molecule has 0 N–H and O–H groups in total. The molecular weight excluding hydrogens is 274 g/mol. The number of rotatable bonds is 3. The third-order valence-corrected chi connectivity index (χ3v) is 2.37. The molecule has 16 heavy (non-hydrogen) atoms. The van der Waals surface area contributed by atoms with Crippen molar-refractivity contribution in [2.24, 2.45) is 5.11 Å². The summed E-state index contributed by atoms with van der Waals surface area (Å²) in [5.74, 6) is 0.784. The van der Waals surface area contributed by atoms with Crippen LogP contribution in [0.15, 0.2) is 38.4 Å². The Morgan fingerprint density at radius 2 is 2.12 bits per heavy atom. The second kappa shape index (κ2) is 4.78. The Morgan fingerprint density at radius 1 is 1.38 bits per heavy atom. The third kappa shape index (κ3) is 2.39. The Bertz CT molecular complexity index is 529. The Morgan fingerprint density at radius 3 is 2.81 bits per heavy atom.